The summed E-state index contributed by atoms with van der Waals surface area (Å²) < 4.78 is 1.33. The van der Waals surface area contributed by atoms with E-state index in [1.54, 1.807) is 6.20 Å². The molecule has 3 heterocycles. The van der Waals surface area contributed by atoms with Crippen LogP contribution in [0.4, 0.5) is 0 Å². The van der Waals surface area contributed by atoms with E-state index >= 15 is 0 Å². The zero-order chi connectivity index (χ0) is 20.2. The Morgan fingerprint density at radius 2 is 1.93 bits per heavy atom. The molecular formula is C21H27N5O3. The molecule has 8 heteroatoms. The summed E-state index contributed by atoms with van der Waals surface area (Å²) in [5.41, 5.74) is -0.0543. The first kappa shape index (κ1) is 19.4. The number of aromatic nitrogens is 3. The Kier molecular flexibility index (Phi) is 5.78. The van der Waals surface area contributed by atoms with E-state index in [9.17, 15) is 14.7 Å². The lowest BCUT2D eigenvalue weighted by Gasteiger charge is -2.33. The molecule has 8 nitrogen and oxygen atoms in total. The first-order valence-electron chi connectivity index (χ1n) is 10.4. The second kappa shape index (κ2) is 8.63. The molecule has 1 unspecified atom stereocenters. The van der Waals surface area contributed by atoms with E-state index in [0.717, 1.165) is 63.5 Å². The molecule has 0 spiro atoms. The summed E-state index contributed by atoms with van der Waals surface area (Å²) in [6.07, 6.45) is 12.8. The van der Waals surface area contributed by atoms with E-state index < -0.39 is 11.2 Å². The lowest BCUT2D eigenvalue weighted by atomic mass is 9.95. The van der Waals surface area contributed by atoms with Crippen molar-refractivity contribution in [1.29, 1.82) is 0 Å². The molecule has 4 rings (SSSR count). The molecule has 0 radical (unpaired) electrons. The van der Waals surface area contributed by atoms with E-state index in [4.69, 9.17) is 0 Å². The number of rotatable bonds is 4. The molecule has 2 aromatic heterocycles. The summed E-state index contributed by atoms with van der Waals surface area (Å²) in [6, 6.07) is 3.93. The quantitative estimate of drug-likeness (QED) is 0.772. The van der Waals surface area contributed by atoms with Gasteiger partial charge in [-0.25, -0.2) is 4.79 Å². The van der Waals surface area contributed by atoms with Gasteiger partial charge in [0, 0.05) is 25.0 Å². The minimum atomic E-state index is -0.613. The van der Waals surface area contributed by atoms with Crippen molar-refractivity contribution in [1.82, 2.24) is 19.5 Å². The third kappa shape index (κ3) is 4.11. The number of nitrogens with one attached hydrogen (secondary N) is 1. The van der Waals surface area contributed by atoms with Crippen molar-refractivity contribution in [3.63, 3.8) is 0 Å². The SMILES string of the molecule is O=c1[nH]c(=O)n(C2CCCCC2)c(O)c1/C=N/N1CCCCC1c1cccnc1. The first-order valence-corrected chi connectivity index (χ1v) is 10.4. The van der Waals surface area contributed by atoms with Crippen molar-refractivity contribution in [2.24, 2.45) is 5.10 Å². The number of H-pyrrole nitrogens is 1. The van der Waals surface area contributed by atoms with Crippen LogP contribution < -0.4 is 11.2 Å². The van der Waals surface area contributed by atoms with Crippen LogP contribution in [0.3, 0.4) is 0 Å². The molecule has 1 atom stereocenters. The number of piperidine rings is 1. The Morgan fingerprint density at radius 1 is 1.14 bits per heavy atom. The summed E-state index contributed by atoms with van der Waals surface area (Å²) in [4.78, 5) is 31.3. The second-order valence-electron chi connectivity index (χ2n) is 7.86. The Balaban J connectivity index is 1.65. The molecule has 2 N–H and O–H groups in total. The van der Waals surface area contributed by atoms with Gasteiger partial charge in [0.2, 0.25) is 5.88 Å². The molecule has 2 aliphatic rings. The van der Waals surface area contributed by atoms with Crippen LogP contribution in [0.2, 0.25) is 0 Å². The van der Waals surface area contributed by atoms with Gasteiger partial charge in [0.15, 0.2) is 0 Å². The third-order valence-corrected chi connectivity index (χ3v) is 5.97. The highest BCUT2D eigenvalue weighted by Crippen LogP contribution is 2.31. The lowest BCUT2D eigenvalue weighted by Crippen LogP contribution is -2.35. The van der Waals surface area contributed by atoms with Crippen molar-refractivity contribution in [3.8, 4) is 5.88 Å². The third-order valence-electron chi connectivity index (χ3n) is 5.97. The Bertz CT molecular complexity index is 976. The number of hydrogen-bond acceptors (Lipinski definition) is 6. The maximum absolute atomic E-state index is 12.4. The topological polar surface area (TPSA) is 104 Å². The monoisotopic (exact) mass is 397 g/mol. The fourth-order valence-corrected chi connectivity index (χ4v) is 4.44. The first-order chi connectivity index (χ1) is 14.1. The summed E-state index contributed by atoms with van der Waals surface area (Å²) in [7, 11) is 0. The molecule has 29 heavy (non-hydrogen) atoms. The van der Waals surface area contributed by atoms with Gasteiger partial charge < -0.3 is 5.11 Å². The van der Waals surface area contributed by atoms with Gasteiger partial charge in [-0.05, 0) is 43.7 Å². The molecule has 0 amide bonds. The zero-order valence-electron chi connectivity index (χ0n) is 16.5. The average molecular weight is 397 g/mol. The second-order valence-corrected chi connectivity index (χ2v) is 7.86. The van der Waals surface area contributed by atoms with Gasteiger partial charge in [-0.1, -0.05) is 25.3 Å². The normalized spacial score (nSPS) is 21.0. The van der Waals surface area contributed by atoms with Crippen molar-refractivity contribution >= 4 is 6.21 Å². The van der Waals surface area contributed by atoms with Crippen LogP contribution in [-0.4, -0.2) is 37.4 Å². The molecule has 2 fully saturated rings. The minimum absolute atomic E-state index is 0.0330. The van der Waals surface area contributed by atoms with Gasteiger partial charge in [0.05, 0.1) is 12.3 Å². The molecule has 1 aliphatic heterocycles. The average Bonchev–Trinajstić information content (AvgIpc) is 2.75. The largest absolute Gasteiger partial charge is 0.494 e. The fraction of sp³-hybridized carbons (Fsp3) is 0.524. The summed E-state index contributed by atoms with van der Waals surface area (Å²) in [6.45, 7) is 0.761. The van der Waals surface area contributed by atoms with Crippen LogP contribution >= 0.6 is 0 Å². The maximum Gasteiger partial charge on any atom is 0.331 e. The van der Waals surface area contributed by atoms with Crippen molar-refractivity contribution in [3.05, 3.63) is 56.5 Å². The Labute approximate surface area is 168 Å². The number of aromatic amines is 1. The Morgan fingerprint density at radius 3 is 2.69 bits per heavy atom. The zero-order valence-corrected chi connectivity index (χ0v) is 16.5. The molecule has 1 saturated heterocycles. The lowest BCUT2D eigenvalue weighted by molar-refractivity contribution is 0.156. The Hall–Kier alpha value is -2.90. The molecular weight excluding hydrogens is 370 g/mol. The van der Waals surface area contributed by atoms with E-state index in [-0.39, 0.29) is 23.5 Å². The van der Waals surface area contributed by atoms with Crippen molar-refractivity contribution < 1.29 is 5.11 Å². The highest BCUT2D eigenvalue weighted by Gasteiger charge is 2.25. The van der Waals surface area contributed by atoms with Crippen LogP contribution in [0.5, 0.6) is 5.88 Å². The number of hydrazone groups is 1. The molecule has 1 aliphatic carbocycles. The van der Waals surface area contributed by atoms with Gasteiger partial charge in [-0.3, -0.25) is 24.3 Å². The predicted molar refractivity (Wildman–Crippen MR) is 110 cm³/mol. The number of nitrogens with zero attached hydrogens (tertiary/aromatic N) is 4. The van der Waals surface area contributed by atoms with Gasteiger partial charge in [-0.15, -0.1) is 0 Å². The number of pyridine rings is 1. The highest BCUT2D eigenvalue weighted by molar-refractivity contribution is 5.81. The summed E-state index contributed by atoms with van der Waals surface area (Å²) in [5.74, 6) is -0.288. The van der Waals surface area contributed by atoms with Crippen LogP contribution in [-0.2, 0) is 0 Å². The fourth-order valence-electron chi connectivity index (χ4n) is 4.44. The van der Waals surface area contributed by atoms with Crippen LogP contribution in [0.25, 0.3) is 0 Å². The van der Waals surface area contributed by atoms with E-state index in [1.807, 2.05) is 23.3 Å². The van der Waals surface area contributed by atoms with Gasteiger partial charge in [0.25, 0.3) is 5.56 Å². The minimum Gasteiger partial charge on any atom is -0.494 e. The summed E-state index contributed by atoms with van der Waals surface area (Å²) >= 11 is 0. The van der Waals surface area contributed by atoms with E-state index in [0.29, 0.717) is 0 Å². The van der Waals surface area contributed by atoms with Gasteiger partial charge in [0.1, 0.15) is 5.56 Å². The molecule has 2 aromatic rings. The van der Waals surface area contributed by atoms with Crippen molar-refractivity contribution in [2.45, 2.75) is 63.5 Å². The maximum atomic E-state index is 12.4. The van der Waals surface area contributed by atoms with Crippen LogP contribution in [0.15, 0.2) is 39.2 Å². The summed E-state index contributed by atoms with van der Waals surface area (Å²) in [5, 5.41) is 17.2. The van der Waals surface area contributed by atoms with Crippen LogP contribution in [0.1, 0.15) is 74.6 Å². The molecule has 1 saturated carbocycles. The number of hydrogen-bond donors (Lipinski definition) is 2. The molecule has 154 valence electrons. The van der Waals surface area contributed by atoms with Gasteiger partial charge in [-0.2, -0.15) is 5.10 Å². The van der Waals surface area contributed by atoms with E-state index in [1.165, 1.54) is 10.8 Å². The molecule has 0 bridgehead atoms. The van der Waals surface area contributed by atoms with Crippen LogP contribution in [0, 0.1) is 0 Å². The highest BCUT2D eigenvalue weighted by atomic mass is 16.3. The number of aromatic hydroxyl groups is 1. The predicted octanol–water partition coefficient (Wildman–Crippen LogP) is 2.70. The molecule has 0 aromatic carbocycles. The van der Waals surface area contributed by atoms with Crippen molar-refractivity contribution in [2.75, 3.05) is 6.54 Å². The smallest absolute Gasteiger partial charge is 0.331 e. The van der Waals surface area contributed by atoms with Gasteiger partial charge >= 0.3 is 5.69 Å². The van der Waals surface area contributed by atoms with E-state index in [2.05, 4.69) is 15.1 Å². The standard InChI is InChI=1S/C21H27N5O3/c27-19-17(20(28)26(21(29)24-19)16-8-2-1-3-9-16)14-23-25-12-5-4-10-18(25)15-7-6-11-22-13-15/h6-7,11,13-14,16,18,28H,1-5,8-10,12H2,(H,24,27,29)/b23-14+.